The van der Waals surface area contributed by atoms with E-state index in [0.29, 0.717) is 13.0 Å². The van der Waals surface area contributed by atoms with Gasteiger partial charge in [0.1, 0.15) is 6.04 Å². The number of ether oxygens (including phenoxy) is 1. The van der Waals surface area contributed by atoms with Crippen LogP contribution < -0.4 is 5.32 Å². The molecule has 1 aliphatic heterocycles. The molecule has 2 unspecified atom stereocenters. The molecule has 1 saturated heterocycles. The first kappa shape index (κ1) is 14.5. The van der Waals surface area contributed by atoms with E-state index in [4.69, 9.17) is 4.74 Å². The van der Waals surface area contributed by atoms with E-state index in [1.165, 1.54) is 0 Å². The van der Waals surface area contributed by atoms with Crippen LogP contribution >= 0.6 is 0 Å². The van der Waals surface area contributed by atoms with Crippen molar-refractivity contribution < 1.29 is 19.4 Å². The van der Waals surface area contributed by atoms with Crippen molar-refractivity contribution in [3.05, 3.63) is 35.9 Å². The zero-order chi connectivity index (χ0) is 14.5. The Hall–Kier alpha value is -1.88. The third-order valence-corrected chi connectivity index (χ3v) is 3.61. The second-order valence-corrected chi connectivity index (χ2v) is 5.06. The first-order valence-electron chi connectivity index (χ1n) is 6.76. The Morgan fingerprint density at radius 2 is 2.10 bits per heavy atom. The number of aliphatic carboxylic acids is 1. The van der Waals surface area contributed by atoms with E-state index in [2.05, 4.69) is 5.32 Å². The molecule has 2 N–H and O–H groups in total. The summed E-state index contributed by atoms with van der Waals surface area (Å²) < 4.78 is 5.34. The molecule has 0 spiro atoms. The Labute approximate surface area is 117 Å². The maximum Gasteiger partial charge on any atom is 0.326 e. The average molecular weight is 277 g/mol. The molecule has 1 fully saturated rings. The SMILES string of the molecule is CC1OCCC1C(=O)N[C@@H](Cc1ccccc1)C(=O)O. The lowest BCUT2D eigenvalue weighted by atomic mass is 10.00. The maximum atomic E-state index is 12.1. The summed E-state index contributed by atoms with van der Waals surface area (Å²) >= 11 is 0. The minimum Gasteiger partial charge on any atom is -0.480 e. The summed E-state index contributed by atoms with van der Waals surface area (Å²) in [5.74, 6) is -1.51. The van der Waals surface area contributed by atoms with E-state index >= 15 is 0 Å². The second kappa shape index (κ2) is 6.52. The number of carbonyl (C=O) groups is 2. The highest BCUT2D eigenvalue weighted by atomic mass is 16.5. The minimum absolute atomic E-state index is 0.152. The van der Waals surface area contributed by atoms with Crippen molar-refractivity contribution in [2.75, 3.05) is 6.61 Å². The van der Waals surface area contributed by atoms with Crippen LogP contribution in [0.1, 0.15) is 18.9 Å². The van der Waals surface area contributed by atoms with Crippen molar-refractivity contribution in [1.29, 1.82) is 0 Å². The maximum absolute atomic E-state index is 12.1. The van der Waals surface area contributed by atoms with Crippen molar-refractivity contribution in [2.45, 2.75) is 31.9 Å². The molecule has 1 aliphatic rings. The molecule has 1 aromatic rings. The number of nitrogens with one attached hydrogen (secondary N) is 1. The van der Waals surface area contributed by atoms with Gasteiger partial charge in [-0.15, -0.1) is 0 Å². The summed E-state index contributed by atoms with van der Waals surface area (Å²) in [6.45, 7) is 2.39. The fourth-order valence-corrected chi connectivity index (χ4v) is 2.40. The van der Waals surface area contributed by atoms with Crippen molar-refractivity contribution in [1.82, 2.24) is 5.32 Å². The highest BCUT2D eigenvalue weighted by Gasteiger charge is 2.33. The smallest absolute Gasteiger partial charge is 0.326 e. The lowest BCUT2D eigenvalue weighted by Crippen LogP contribution is -2.46. The van der Waals surface area contributed by atoms with Crippen LogP contribution in [0.4, 0.5) is 0 Å². The van der Waals surface area contributed by atoms with Crippen LogP contribution in [0.25, 0.3) is 0 Å². The van der Waals surface area contributed by atoms with Crippen molar-refractivity contribution in [3.63, 3.8) is 0 Å². The van der Waals surface area contributed by atoms with Crippen LogP contribution in [0.15, 0.2) is 30.3 Å². The van der Waals surface area contributed by atoms with Gasteiger partial charge in [0.2, 0.25) is 5.91 Å². The Morgan fingerprint density at radius 3 is 2.65 bits per heavy atom. The number of carboxylic acids is 1. The molecule has 1 amide bonds. The fourth-order valence-electron chi connectivity index (χ4n) is 2.40. The van der Waals surface area contributed by atoms with Crippen LogP contribution in [0.3, 0.4) is 0 Å². The normalized spacial score (nSPS) is 23.2. The highest BCUT2D eigenvalue weighted by molar-refractivity contribution is 5.85. The van der Waals surface area contributed by atoms with Crippen molar-refractivity contribution in [2.24, 2.45) is 5.92 Å². The molecule has 1 aromatic carbocycles. The molecule has 1 heterocycles. The zero-order valence-corrected chi connectivity index (χ0v) is 11.4. The van der Waals surface area contributed by atoms with E-state index in [0.717, 1.165) is 5.56 Å². The number of hydrogen-bond donors (Lipinski definition) is 2. The molecule has 0 radical (unpaired) electrons. The van der Waals surface area contributed by atoms with E-state index in [1.54, 1.807) is 0 Å². The predicted molar refractivity (Wildman–Crippen MR) is 73.2 cm³/mol. The third kappa shape index (κ3) is 3.57. The quantitative estimate of drug-likeness (QED) is 0.848. The molecule has 2 rings (SSSR count). The molecule has 3 atom stereocenters. The van der Waals surface area contributed by atoms with E-state index in [-0.39, 0.29) is 24.3 Å². The number of rotatable bonds is 5. The molecule has 0 bridgehead atoms. The standard InChI is InChI=1S/C15H19NO4/c1-10-12(7-8-20-10)14(17)16-13(15(18)19)9-11-5-3-2-4-6-11/h2-6,10,12-13H,7-9H2,1H3,(H,16,17)(H,18,19)/t10?,12?,13-/m0/s1. The van der Waals surface area contributed by atoms with E-state index in [1.807, 2.05) is 37.3 Å². The predicted octanol–water partition coefficient (Wildman–Crippen LogP) is 1.22. The van der Waals surface area contributed by atoms with Crippen LogP contribution in [-0.2, 0) is 20.7 Å². The van der Waals surface area contributed by atoms with Crippen LogP contribution in [0, 0.1) is 5.92 Å². The van der Waals surface area contributed by atoms with Gasteiger partial charge in [-0.25, -0.2) is 4.79 Å². The van der Waals surface area contributed by atoms with Gasteiger partial charge in [-0.1, -0.05) is 30.3 Å². The number of carbonyl (C=O) groups excluding carboxylic acids is 1. The lowest BCUT2D eigenvalue weighted by molar-refractivity contribution is -0.142. The van der Waals surface area contributed by atoms with Gasteiger partial charge in [0.25, 0.3) is 0 Å². The summed E-state index contributed by atoms with van der Waals surface area (Å²) in [5, 5.41) is 11.9. The van der Waals surface area contributed by atoms with Crippen molar-refractivity contribution in [3.8, 4) is 0 Å². The summed E-state index contributed by atoms with van der Waals surface area (Å²) in [7, 11) is 0. The first-order valence-corrected chi connectivity index (χ1v) is 6.76. The lowest BCUT2D eigenvalue weighted by Gasteiger charge is -2.19. The van der Waals surface area contributed by atoms with Gasteiger partial charge >= 0.3 is 5.97 Å². The molecule has 0 aromatic heterocycles. The van der Waals surface area contributed by atoms with Crippen LogP contribution in [0.5, 0.6) is 0 Å². The molecule has 20 heavy (non-hydrogen) atoms. The van der Waals surface area contributed by atoms with E-state index in [9.17, 15) is 14.7 Å². The Morgan fingerprint density at radius 1 is 1.40 bits per heavy atom. The molecule has 5 heteroatoms. The number of carboxylic acid groups (broad SMARTS) is 1. The molecule has 5 nitrogen and oxygen atoms in total. The van der Waals surface area contributed by atoms with Crippen LogP contribution in [0.2, 0.25) is 0 Å². The van der Waals surface area contributed by atoms with Gasteiger partial charge < -0.3 is 15.2 Å². The van der Waals surface area contributed by atoms with Gasteiger partial charge in [-0.3, -0.25) is 4.79 Å². The first-order chi connectivity index (χ1) is 9.58. The monoisotopic (exact) mass is 277 g/mol. The van der Waals surface area contributed by atoms with E-state index < -0.39 is 12.0 Å². The van der Waals surface area contributed by atoms with Crippen LogP contribution in [-0.4, -0.2) is 35.7 Å². The van der Waals surface area contributed by atoms with Gasteiger partial charge in [-0.2, -0.15) is 0 Å². The topological polar surface area (TPSA) is 75.6 Å². The Balaban J connectivity index is 1.99. The number of amides is 1. The largest absolute Gasteiger partial charge is 0.480 e. The average Bonchev–Trinajstić information content (AvgIpc) is 2.85. The Bertz CT molecular complexity index is 474. The molecule has 0 aliphatic carbocycles. The summed E-state index contributed by atoms with van der Waals surface area (Å²) in [4.78, 5) is 23.4. The molecular formula is C15H19NO4. The molecular weight excluding hydrogens is 258 g/mol. The highest BCUT2D eigenvalue weighted by Crippen LogP contribution is 2.20. The molecule has 108 valence electrons. The summed E-state index contributed by atoms with van der Waals surface area (Å²) in [6.07, 6.45) is 0.773. The number of hydrogen-bond acceptors (Lipinski definition) is 3. The third-order valence-electron chi connectivity index (χ3n) is 3.61. The van der Waals surface area contributed by atoms with Crippen molar-refractivity contribution >= 4 is 11.9 Å². The van der Waals surface area contributed by atoms with Gasteiger partial charge in [0.05, 0.1) is 12.0 Å². The van der Waals surface area contributed by atoms with Gasteiger partial charge in [0, 0.05) is 13.0 Å². The number of benzene rings is 1. The zero-order valence-electron chi connectivity index (χ0n) is 11.4. The minimum atomic E-state index is -1.02. The van der Waals surface area contributed by atoms with Gasteiger partial charge in [0.15, 0.2) is 0 Å². The molecule has 0 saturated carbocycles. The summed E-state index contributed by atoms with van der Waals surface area (Å²) in [5.41, 5.74) is 0.885. The summed E-state index contributed by atoms with van der Waals surface area (Å²) in [6, 6.07) is 8.37. The fraction of sp³-hybridized carbons (Fsp3) is 0.467. The Kier molecular flexibility index (Phi) is 4.74. The van der Waals surface area contributed by atoms with Gasteiger partial charge in [-0.05, 0) is 18.9 Å². The second-order valence-electron chi connectivity index (χ2n) is 5.06.